The lowest BCUT2D eigenvalue weighted by molar-refractivity contribution is -0.384. The Hall–Kier alpha value is -2.62. The first-order valence-electron chi connectivity index (χ1n) is 5.56. The number of aromatic nitrogens is 1. The highest BCUT2D eigenvalue weighted by Crippen LogP contribution is 2.34. The average Bonchev–Trinajstić information content (AvgIpc) is 2.87. The first-order valence-corrected chi connectivity index (χ1v) is 5.56. The molecule has 0 atom stereocenters. The van der Waals surface area contributed by atoms with E-state index in [1.54, 1.807) is 6.20 Å². The fourth-order valence-electron chi connectivity index (χ4n) is 2.18. The highest BCUT2D eigenvalue weighted by Gasteiger charge is 2.17. The Kier molecular flexibility index (Phi) is 2.34. The molecular formula is C14H10N2O2. The number of nitro groups is 1. The Morgan fingerprint density at radius 3 is 2.56 bits per heavy atom. The number of aromatic amines is 1. The highest BCUT2D eigenvalue weighted by atomic mass is 16.6. The summed E-state index contributed by atoms with van der Waals surface area (Å²) in [5, 5.41) is 13.1. The van der Waals surface area contributed by atoms with Gasteiger partial charge in [-0.15, -0.1) is 0 Å². The van der Waals surface area contributed by atoms with Gasteiger partial charge < -0.3 is 4.98 Å². The predicted molar refractivity (Wildman–Crippen MR) is 70.4 cm³/mol. The van der Waals surface area contributed by atoms with Crippen molar-refractivity contribution in [3.8, 4) is 11.1 Å². The van der Waals surface area contributed by atoms with Gasteiger partial charge in [-0.2, -0.15) is 0 Å². The van der Waals surface area contributed by atoms with E-state index in [1.165, 1.54) is 6.20 Å². The van der Waals surface area contributed by atoms with E-state index in [2.05, 4.69) is 4.98 Å². The molecule has 0 saturated carbocycles. The zero-order chi connectivity index (χ0) is 12.5. The molecule has 0 spiro atoms. The maximum Gasteiger partial charge on any atom is 0.294 e. The van der Waals surface area contributed by atoms with Crippen molar-refractivity contribution in [3.63, 3.8) is 0 Å². The van der Waals surface area contributed by atoms with Crippen molar-refractivity contribution in [1.29, 1.82) is 0 Å². The van der Waals surface area contributed by atoms with E-state index in [0.29, 0.717) is 5.56 Å². The molecule has 0 unspecified atom stereocenters. The third kappa shape index (κ3) is 1.55. The Morgan fingerprint density at radius 1 is 0.944 bits per heavy atom. The van der Waals surface area contributed by atoms with Gasteiger partial charge in [-0.25, -0.2) is 0 Å². The Balaban J connectivity index is 2.32. The largest absolute Gasteiger partial charge is 0.361 e. The molecule has 1 N–H and O–H groups in total. The Labute approximate surface area is 103 Å². The summed E-state index contributed by atoms with van der Waals surface area (Å²) in [7, 11) is 0. The van der Waals surface area contributed by atoms with Crippen LogP contribution < -0.4 is 0 Å². The molecule has 0 amide bonds. The van der Waals surface area contributed by atoms with Gasteiger partial charge >= 0.3 is 0 Å². The summed E-state index contributed by atoms with van der Waals surface area (Å²) in [6.45, 7) is 0. The normalized spacial score (nSPS) is 10.7. The van der Waals surface area contributed by atoms with Crippen LogP contribution in [0.3, 0.4) is 0 Å². The zero-order valence-corrected chi connectivity index (χ0v) is 9.46. The molecule has 4 nitrogen and oxygen atoms in total. The lowest BCUT2D eigenvalue weighted by Gasteiger charge is -2.04. The second-order valence-corrected chi connectivity index (χ2v) is 4.04. The summed E-state index contributed by atoms with van der Waals surface area (Å²) < 4.78 is 0. The van der Waals surface area contributed by atoms with Gasteiger partial charge in [0.25, 0.3) is 5.69 Å². The van der Waals surface area contributed by atoms with Crippen LogP contribution in [0.2, 0.25) is 0 Å². The van der Waals surface area contributed by atoms with Crippen LogP contribution in [0.5, 0.6) is 0 Å². The highest BCUT2D eigenvalue weighted by molar-refractivity contribution is 5.98. The SMILES string of the molecule is O=[N+]([O-])c1c[nH]cc1-c1cccc2ccccc12. The second kappa shape index (κ2) is 4.00. The van der Waals surface area contributed by atoms with Crippen molar-refractivity contribution in [2.24, 2.45) is 0 Å². The second-order valence-electron chi connectivity index (χ2n) is 4.04. The van der Waals surface area contributed by atoms with Crippen LogP contribution in [0.15, 0.2) is 54.9 Å². The van der Waals surface area contributed by atoms with Crippen molar-refractivity contribution in [2.45, 2.75) is 0 Å². The molecule has 88 valence electrons. The monoisotopic (exact) mass is 238 g/mol. The molecule has 0 aliphatic carbocycles. The third-order valence-electron chi connectivity index (χ3n) is 3.00. The van der Waals surface area contributed by atoms with Crippen LogP contribution in [-0.2, 0) is 0 Å². The van der Waals surface area contributed by atoms with Crippen LogP contribution in [0.4, 0.5) is 5.69 Å². The number of hydrogen-bond donors (Lipinski definition) is 1. The molecule has 3 rings (SSSR count). The van der Waals surface area contributed by atoms with Gasteiger partial charge in [-0.1, -0.05) is 42.5 Å². The summed E-state index contributed by atoms with van der Waals surface area (Å²) in [4.78, 5) is 13.4. The lowest BCUT2D eigenvalue weighted by Crippen LogP contribution is -1.88. The summed E-state index contributed by atoms with van der Waals surface area (Å²) in [5.74, 6) is 0. The van der Waals surface area contributed by atoms with Crippen molar-refractivity contribution >= 4 is 16.5 Å². The first kappa shape index (κ1) is 10.5. The zero-order valence-electron chi connectivity index (χ0n) is 9.46. The molecule has 18 heavy (non-hydrogen) atoms. The molecule has 1 heterocycles. The van der Waals surface area contributed by atoms with Gasteiger partial charge in [0.05, 0.1) is 16.7 Å². The van der Waals surface area contributed by atoms with E-state index in [0.717, 1.165) is 16.3 Å². The molecule has 0 saturated heterocycles. The van der Waals surface area contributed by atoms with Gasteiger partial charge in [-0.05, 0) is 16.3 Å². The number of nitrogens with zero attached hydrogens (tertiary/aromatic N) is 1. The van der Waals surface area contributed by atoms with Crippen molar-refractivity contribution in [2.75, 3.05) is 0 Å². The molecule has 3 aromatic rings. The summed E-state index contributed by atoms with van der Waals surface area (Å²) >= 11 is 0. The molecule has 0 bridgehead atoms. The fourth-order valence-corrected chi connectivity index (χ4v) is 2.18. The maximum absolute atomic E-state index is 11.0. The van der Waals surface area contributed by atoms with Gasteiger partial charge in [-0.3, -0.25) is 10.1 Å². The summed E-state index contributed by atoms with van der Waals surface area (Å²) in [6, 6.07) is 13.7. The maximum atomic E-state index is 11.0. The van der Waals surface area contributed by atoms with E-state index >= 15 is 0 Å². The van der Waals surface area contributed by atoms with Crippen LogP contribution in [0.25, 0.3) is 21.9 Å². The molecule has 0 aliphatic heterocycles. The molecule has 1 aromatic heterocycles. The van der Waals surface area contributed by atoms with Crippen LogP contribution in [-0.4, -0.2) is 9.91 Å². The predicted octanol–water partition coefficient (Wildman–Crippen LogP) is 3.74. The lowest BCUT2D eigenvalue weighted by atomic mass is 9.99. The fraction of sp³-hybridized carbons (Fsp3) is 0. The molecule has 0 aliphatic rings. The van der Waals surface area contributed by atoms with Crippen LogP contribution in [0, 0.1) is 10.1 Å². The Bertz CT molecular complexity index is 726. The van der Waals surface area contributed by atoms with Crippen molar-refractivity contribution in [3.05, 3.63) is 65.0 Å². The topological polar surface area (TPSA) is 58.9 Å². The van der Waals surface area contributed by atoms with E-state index < -0.39 is 0 Å². The number of fused-ring (bicyclic) bond motifs is 1. The van der Waals surface area contributed by atoms with E-state index in [-0.39, 0.29) is 10.6 Å². The van der Waals surface area contributed by atoms with Gasteiger partial charge in [0.1, 0.15) is 0 Å². The minimum absolute atomic E-state index is 0.103. The molecule has 4 heteroatoms. The minimum Gasteiger partial charge on any atom is -0.361 e. The van der Waals surface area contributed by atoms with E-state index in [4.69, 9.17) is 0 Å². The quantitative estimate of drug-likeness (QED) is 0.546. The number of rotatable bonds is 2. The Morgan fingerprint density at radius 2 is 1.72 bits per heavy atom. The van der Waals surface area contributed by atoms with E-state index in [1.807, 2.05) is 42.5 Å². The summed E-state index contributed by atoms with van der Waals surface area (Å²) in [5.41, 5.74) is 1.60. The van der Waals surface area contributed by atoms with Crippen molar-refractivity contribution < 1.29 is 4.92 Å². The molecular weight excluding hydrogens is 228 g/mol. The molecule has 0 radical (unpaired) electrons. The van der Waals surface area contributed by atoms with Gasteiger partial charge in [0, 0.05) is 6.20 Å². The smallest absolute Gasteiger partial charge is 0.294 e. The number of H-pyrrole nitrogens is 1. The minimum atomic E-state index is -0.367. The van der Waals surface area contributed by atoms with Crippen molar-refractivity contribution in [1.82, 2.24) is 4.98 Å². The molecule has 0 fully saturated rings. The number of benzene rings is 2. The van der Waals surface area contributed by atoms with Crippen LogP contribution >= 0.6 is 0 Å². The van der Waals surface area contributed by atoms with Crippen LogP contribution in [0.1, 0.15) is 0 Å². The van der Waals surface area contributed by atoms with Gasteiger partial charge in [0.15, 0.2) is 0 Å². The standard InChI is InChI=1S/C14H10N2O2/c17-16(18)14-9-15-8-13(14)12-7-3-5-10-4-1-2-6-11(10)12/h1-9,15H. The summed E-state index contributed by atoms with van der Waals surface area (Å²) in [6.07, 6.45) is 3.08. The first-order chi connectivity index (χ1) is 8.77. The number of hydrogen-bond acceptors (Lipinski definition) is 2. The third-order valence-corrected chi connectivity index (χ3v) is 3.00. The average molecular weight is 238 g/mol. The molecule has 2 aromatic carbocycles. The van der Waals surface area contributed by atoms with E-state index in [9.17, 15) is 10.1 Å². The van der Waals surface area contributed by atoms with Gasteiger partial charge in [0.2, 0.25) is 0 Å². The number of nitrogens with one attached hydrogen (secondary N) is 1.